The smallest absolute Gasteiger partial charge is 0.270 e. The van der Waals surface area contributed by atoms with E-state index in [-0.39, 0.29) is 17.3 Å². The van der Waals surface area contributed by atoms with Crippen molar-refractivity contribution >= 4 is 11.4 Å². The van der Waals surface area contributed by atoms with Gasteiger partial charge in [0.1, 0.15) is 6.07 Å². The third-order valence-corrected chi connectivity index (χ3v) is 4.26. The molecule has 0 amide bonds. The molecule has 0 saturated carbocycles. The fraction of sp³-hybridized carbons (Fsp3) is 0.136. The molecular weight excluding hydrogens is 354 g/mol. The van der Waals surface area contributed by atoms with Crippen LogP contribution in [0.1, 0.15) is 22.7 Å². The van der Waals surface area contributed by atoms with Gasteiger partial charge in [0.15, 0.2) is 0 Å². The van der Waals surface area contributed by atoms with E-state index in [0.29, 0.717) is 18.9 Å². The van der Waals surface area contributed by atoms with Gasteiger partial charge in [-0.05, 0) is 17.2 Å². The summed E-state index contributed by atoms with van der Waals surface area (Å²) in [5, 5.41) is 23.6. The molecule has 3 rings (SSSR count). The van der Waals surface area contributed by atoms with E-state index in [9.17, 15) is 15.4 Å². The van der Waals surface area contributed by atoms with Crippen LogP contribution >= 0.6 is 0 Å². The van der Waals surface area contributed by atoms with Crippen molar-refractivity contribution in [1.82, 2.24) is 0 Å². The number of benzene rings is 3. The molecule has 6 heteroatoms. The molecule has 6 nitrogen and oxygen atoms in total. The number of rotatable bonds is 8. The van der Waals surface area contributed by atoms with Gasteiger partial charge in [-0.25, -0.2) is 0 Å². The molecule has 0 unspecified atom stereocenters. The standard InChI is InChI=1S/C22H19N3O3/c23-14-19-13-20(25(26)27)11-12-21(19)24-22(18-9-5-2-6-10-18)16-28-15-17-7-3-1-4-8-17/h1-13,22,24H,15-16H2/t22-/m0/s1. The molecule has 0 bridgehead atoms. The summed E-state index contributed by atoms with van der Waals surface area (Å²) in [7, 11) is 0. The van der Waals surface area contributed by atoms with Gasteiger partial charge in [0, 0.05) is 12.1 Å². The van der Waals surface area contributed by atoms with Crippen LogP contribution in [0.25, 0.3) is 0 Å². The lowest BCUT2D eigenvalue weighted by Gasteiger charge is -2.21. The second kappa shape index (κ2) is 9.31. The fourth-order valence-electron chi connectivity index (χ4n) is 2.83. The lowest BCUT2D eigenvalue weighted by atomic mass is 10.1. The van der Waals surface area contributed by atoms with E-state index in [1.807, 2.05) is 66.7 Å². The molecule has 0 aliphatic heterocycles. The van der Waals surface area contributed by atoms with E-state index in [4.69, 9.17) is 4.74 Å². The number of hydrogen-bond acceptors (Lipinski definition) is 5. The van der Waals surface area contributed by atoms with Crippen LogP contribution < -0.4 is 5.32 Å². The van der Waals surface area contributed by atoms with Crippen LogP contribution in [-0.4, -0.2) is 11.5 Å². The number of nitro groups is 1. The largest absolute Gasteiger partial charge is 0.375 e. The van der Waals surface area contributed by atoms with Crippen LogP contribution in [0.2, 0.25) is 0 Å². The van der Waals surface area contributed by atoms with Crippen LogP contribution in [0.3, 0.4) is 0 Å². The zero-order valence-corrected chi connectivity index (χ0v) is 15.1. The lowest BCUT2D eigenvalue weighted by Crippen LogP contribution is -2.18. The first-order valence-electron chi connectivity index (χ1n) is 8.79. The number of nitro benzene ring substituents is 1. The number of nitriles is 1. The van der Waals surface area contributed by atoms with Gasteiger partial charge in [0.05, 0.1) is 35.4 Å². The Hall–Kier alpha value is -3.69. The summed E-state index contributed by atoms with van der Waals surface area (Å²) in [5.41, 5.74) is 2.71. The first-order chi connectivity index (χ1) is 13.7. The molecule has 0 radical (unpaired) electrons. The minimum Gasteiger partial charge on any atom is -0.375 e. The van der Waals surface area contributed by atoms with Crippen molar-refractivity contribution in [2.75, 3.05) is 11.9 Å². The van der Waals surface area contributed by atoms with Crippen molar-refractivity contribution in [2.24, 2.45) is 0 Å². The average molecular weight is 373 g/mol. The van der Waals surface area contributed by atoms with Gasteiger partial charge < -0.3 is 10.1 Å². The molecule has 0 fully saturated rings. The summed E-state index contributed by atoms with van der Waals surface area (Å²) in [4.78, 5) is 10.4. The topological polar surface area (TPSA) is 88.2 Å². The van der Waals surface area contributed by atoms with Gasteiger partial charge in [0.2, 0.25) is 0 Å². The Labute approximate surface area is 163 Å². The highest BCUT2D eigenvalue weighted by Crippen LogP contribution is 2.26. The van der Waals surface area contributed by atoms with Gasteiger partial charge in [-0.2, -0.15) is 5.26 Å². The minimum absolute atomic E-state index is 0.112. The second-order valence-corrected chi connectivity index (χ2v) is 6.21. The van der Waals surface area contributed by atoms with Crippen molar-refractivity contribution in [2.45, 2.75) is 12.6 Å². The Morgan fingerprint density at radius 3 is 2.36 bits per heavy atom. The van der Waals surface area contributed by atoms with Crippen molar-refractivity contribution < 1.29 is 9.66 Å². The molecule has 0 spiro atoms. The zero-order chi connectivity index (χ0) is 19.8. The Balaban J connectivity index is 1.78. The molecule has 3 aromatic carbocycles. The highest BCUT2D eigenvalue weighted by molar-refractivity contribution is 5.62. The Morgan fingerprint density at radius 1 is 1.04 bits per heavy atom. The molecule has 0 aromatic heterocycles. The first kappa shape index (κ1) is 19.1. The first-order valence-corrected chi connectivity index (χ1v) is 8.79. The molecule has 0 aliphatic rings. The SMILES string of the molecule is N#Cc1cc([N+](=O)[O-])ccc1N[C@@H](COCc1ccccc1)c1ccccc1. The lowest BCUT2D eigenvalue weighted by molar-refractivity contribution is -0.384. The molecule has 3 aromatic rings. The van der Waals surface area contributed by atoms with Gasteiger partial charge in [-0.3, -0.25) is 10.1 Å². The molecular formula is C22H19N3O3. The van der Waals surface area contributed by atoms with Gasteiger partial charge in [0.25, 0.3) is 5.69 Å². The van der Waals surface area contributed by atoms with Crippen LogP contribution in [0.4, 0.5) is 11.4 Å². The van der Waals surface area contributed by atoms with Crippen molar-refractivity contribution in [3.8, 4) is 6.07 Å². The predicted molar refractivity (Wildman–Crippen MR) is 107 cm³/mol. The number of non-ortho nitro benzene ring substituents is 1. The highest BCUT2D eigenvalue weighted by Gasteiger charge is 2.16. The van der Waals surface area contributed by atoms with Crippen LogP contribution in [0.5, 0.6) is 0 Å². The van der Waals surface area contributed by atoms with Gasteiger partial charge in [-0.15, -0.1) is 0 Å². The maximum Gasteiger partial charge on any atom is 0.270 e. The second-order valence-electron chi connectivity index (χ2n) is 6.21. The molecule has 0 aliphatic carbocycles. The maximum absolute atomic E-state index is 11.0. The fourth-order valence-corrected chi connectivity index (χ4v) is 2.83. The van der Waals surface area contributed by atoms with Crippen LogP contribution in [0, 0.1) is 21.4 Å². The Kier molecular flexibility index (Phi) is 6.34. The van der Waals surface area contributed by atoms with E-state index in [0.717, 1.165) is 11.1 Å². The predicted octanol–water partition coefficient (Wildman–Crippen LogP) is 4.84. The highest BCUT2D eigenvalue weighted by atomic mass is 16.6. The summed E-state index contributed by atoms with van der Waals surface area (Å²) in [6.07, 6.45) is 0. The molecule has 1 atom stereocenters. The maximum atomic E-state index is 11.0. The van der Waals surface area contributed by atoms with Crippen molar-refractivity contribution in [3.05, 3.63) is 106 Å². The van der Waals surface area contributed by atoms with E-state index in [1.54, 1.807) is 6.07 Å². The molecule has 28 heavy (non-hydrogen) atoms. The van der Waals surface area contributed by atoms with E-state index < -0.39 is 4.92 Å². The molecule has 1 N–H and O–H groups in total. The number of hydrogen-bond donors (Lipinski definition) is 1. The average Bonchev–Trinajstić information content (AvgIpc) is 2.74. The van der Waals surface area contributed by atoms with Gasteiger partial charge in [-0.1, -0.05) is 60.7 Å². The zero-order valence-electron chi connectivity index (χ0n) is 15.1. The summed E-state index contributed by atoms with van der Waals surface area (Å²) < 4.78 is 5.89. The third kappa shape index (κ3) is 4.93. The normalized spacial score (nSPS) is 11.4. The Bertz CT molecular complexity index is 969. The number of nitrogens with one attached hydrogen (secondary N) is 1. The summed E-state index contributed by atoms with van der Waals surface area (Å²) in [6.45, 7) is 0.845. The van der Waals surface area contributed by atoms with E-state index in [1.165, 1.54) is 12.1 Å². The summed E-state index contributed by atoms with van der Waals surface area (Å²) in [6, 6.07) is 25.6. The Morgan fingerprint density at radius 2 is 1.71 bits per heavy atom. The summed E-state index contributed by atoms with van der Waals surface area (Å²) in [5.74, 6) is 0. The molecule has 140 valence electrons. The van der Waals surface area contributed by atoms with Crippen LogP contribution in [-0.2, 0) is 11.3 Å². The monoisotopic (exact) mass is 373 g/mol. The summed E-state index contributed by atoms with van der Waals surface area (Å²) >= 11 is 0. The van der Waals surface area contributed by atoms with Crippen molar-refractivity contribution in [3.63, 3.8) is 0 Å². The molecule has 0 heterocycles. The van der Waals surface area contributed by atoms with Crippen molar-refractivity contribution in [1.29, 1.82) is 5.26 Å². The third-order valence-electron chi connectivity index (χ3n) is 4.26. The number of ether oxygens (including phenoxy) is 1. The number of nitrogens with zero attached hydrogens (tertiary/aromatic N) is 2. The van der Waals surface area contributed by atoms with E-state index >= 15 is 0 Å². The van der Waals surface area contributed by atoms with E-state index in [2.05, 4.69) is 5.32 Å². The number of anilines is 1. The molecule has 0 saturated heterocycles. The quantitative estimate of drug-likeness (QED) is 0.451. The van der Waals surface area contributed by atoms with Gasteiger partial charge >= 0.3 is 0 Å². The minimum atomic E-state index is -0.512. The van der Waals surface area contributed by atoms with Crippen LogP contribution in [0.15, 0.2) is 78.9 Å².